The summed E-state index contributed by atoms with van der Waals surface area (Å²) in [5.74, 6) is -0.472. The third-order valence-electron chi connectivity index (χ3n) is 3.63. The van der Waals surface area contributed by atoms with Gasteiger partial charge in [0.25, 0.3) is 5.91 Å². The Kier molecular flexibility index (Phi) is 4.64. The SMILES string of the molecule is Cc1cccc(NC(=O)/C(C#N)=C/c2cc(C#N)n(C)c2C)c1. The van der Waals surface area contributed by atoms with Crippen LogP contribution in [0, 0.1) is 36.5 Å². The number of amides is 1. The molecule has 0 aliphatic heterocycles. The Hall–Kier alpha value is -3.31. The van der Waals surface area contributed by atoms with Crippen molar-refractivity contribution >= 4 is 17.7 Å². The number of aromatic nitrogens is 1. The third kappa shape index (κ3) is 3.48. The van der Waals surface area contributed by atoms with Gasteiger partial charge in [-0.2, -0.15) is 10.5 Å². The van der Waals surface area contributed by atoms with Gasteiger partial charge in [0.1, 0.15) is 23.4 Å². The van der Waals surface area contributed by atoms with Gasteiger partial charge in [0.15, 0.2) is 0 Å². The maximum Gasteiger partial charge on any atom is 0.266 e. The van der Waals surface area contributed by atoms with Gasteiger partial charge in [-0.25, -0.2) is 0 Å². The molecule has 1 aromatic carbocycles. The number of aryl methyl sites for hydroxylation is 1. The van der Waals surface area contributed by atoms with Gasteiger partial charge in [-0.05, 0) is 49.2 Å². The highest BCUT2D eigenvalue weighted by Gasteiger charge is 2.13. The summed E-state index contributed by atoms with van der Waals surface area (Å²) in [6, 6.07) is 13.0. The van der Waals surface area contributed by atoms with Gasteiger partial charge in [0, 0.05) is 18.4 Å². The predicted octanol–water partition coefficient (Wildman–Crippen LogP) is 3.06. The minimum atomic E-state index is -0.472. The molecular formula is C18H16N4O. The highest BCUT2D eigenvalue weighted by Crippen LogP contribution is 2.18. The highest BCUT2D eigenvalue weighted by atomic mass is 16.1. The Morgan fingerprint density at radius 1 is 1.26 bits per heavy atom. The lowest BCUT2D eigenvalue weighted by Crippen LogP contribution is -2.13. The summed E-state index contributed by atoms with van der Waals surface area (Å²) in [6.07, 6.45) is 1.50. The van der Waals surface area contributed by atoms with Gasteiger partial charge in [0.2, 0.25) is 0 Å². The zero-order valence-corrected chi connectivity index (χ0v) is 13.2. The zero-order chi connectivity index (χ0) is 17.0. The number of hydrogen-bond acceptors (Lipinski definition) is 3. The second-order valence-corrected chi connectivity index (χ2v) is 5.23. The molecule has 114 valence electrons. The van der Waals surface area contributed by atoms with Crippen LogP contribution in [-0.4, -0.2) is 10.5 Å². The van der Waals surface area contributed by atoms with Gasteiger partial charge in [0.05, 0.1) is 0 Å². The Labute approximate surface area is 135 Å². The molecule has 0 aliphatic rings. The molecule has 23 heavy (non-hydrogen) atoms. The van der Waals surface area contributed by atoms with Crippen LogP contribution in [0.15, 0.2) is 35.9 Å². The van der Waals surface area contributed by atoms with Crippen LogP contribution in [0.2, 0.25) is 0 Å². The van der Waals surface area contributed by atoms with Crippen LogP contribution in [-0.2, 0) is 11.8 Å². The summed E-state index contributed by atoms with van der Waals surface area (Å²) < 4.78 is 1.72. The van der Waals surface area contributed by atoms with E-state index in [1.54, 1.807) is 23.7 Å². The fourth-order valence-corrected chi connectivity index (χ4v) is 2.20. The van der Waals surface area contributed by atoms with E-state index in [9.17, 15) is 10.1 Å². The Morgan fingerprint density at radius 3 is 2.57 bits per heavy atom. The predicted molar refractivity (Wildman–Crippen MR) is 88.3 cm³/mol. The first-order valence-corrected chi connectivity index (χ1v) is 7.02. The number of nitrogens with one attached hydrogen (secondary N) is 1. The van der Waals surface area contributed by atoms with Crippen molar-refractivity contribution in [1.82, 2.24) is 4.57 Å². The molecular weight excluding hydrogens is 288 g/mol. The minimum Gasteiger partial charge on any atom is -0.339 e. The summed E-state index contributed by atoms with van der Waals surface area (Å²) in [4.78, 5) is 12.3. The number of nitriles is 2. The zero-order valence-electron chi connectivity index (χ0n) is 13.2. The topological polar surface area (TPSA) is 81.6 Å². The second-order valence-electron chi connectivity index (χ2n) is 5.23. The van der Waals surface area contributed by atoms with Gasteiger partial charge < -0.3 is 9.88 Å². The number of carbonyl (C=O) groups is 1. The maximum atomic E-state index is 12.3. The van der Waals surface area contributed by atoms with E-state index in [4.69, 9.17) is 5.26 Å². The molecule has 0 spiro atoms. The lowest BCUT2D eigenvalue weighted by Gasteiger charge is -2.05. The summed E-state index contributed by atoms with van der Waals surface area (Å²) in [5.41, 5.74) is 3.62. The highest BCUT2D eigenvalue weighted by molar-refractivity contribution is 6.09. The molecule has 1 heterocycles. The summed E-state index contributed by atoms with van der Waals surface area (Å²) in [6.45, 7) is 3.76. The fraction of sp³-hybridized carbons (Fsp3) is 0.167. The average Bonchev–Trinajstić information content (AvgIpc) is 2.80. The van der Waals surface area contributed by atoms with Crippen LogP contribution in [0.3, 0.4) is 0 Å². The molecule has 0 fully saturated rings. The summed E-state index contributed by atoms with van der Waals surface area (Å²) in [7, 11) is 1.77. The van der Waals surface area contributed by atoms with Crippen molar-refractivity contribution in [1.29, 1.82) is 10.5 Å². The van der Waals surface area contributed by atoms with E-state index < -0.39 is 5.91 Å². The van der Waals surface area contributed by atoms with E-state index in [2.05, 4.69) is 11.4 Å². The average molecular weight is 304 g/mol. The van der Waals surface area contributed by atoms with Crippen LogP contribution in [0.4, 0.5) is 5.69 Å². The molecule has 0 unspecified atom stereocenters. The molecule has 1 N–H and O–H groups in total. The molecule has 0 saturated carbocycles. The molecule has 1 amide bonds. The summed E-state index contributed by atoms with van der Waals surface area (Å²) >= 11 is 0. The van der Waals surface area contributed by atoms with E-state index in [1.165, 1.54) is 6.08 Å². The molecule has 0 atom stereocenters. The van der Waals surface area contributed by atoms with Crippen molar-refractivity contribution in [2.75, 3.05) is 5.32 Å². The number of benzene rings is 1. The van der Waals surface area contributed by atoms with E-state index in [1.807, 2.05) is 38.1 Å². The molecule has 0 aliphatic carbocycles. The molecule has 5 nitrogen and oxygen atoms in total. The van der Waals surface area contributed by atoms with Crippen molar-refractivity contribution in [2.24, 2.45) is 7.05 Å². The lowest BCUT2D eigenvalue weighted by molar-refractivity contribution is -0.112. The van der Waals surface area contributed by atoms with Crippen molar-refractivity contribution in [3.63, 3.8) is 0 Å². The van der Waals surface area contributed by atoms with Crippen molar-refractivity contribution < 1.29 is 4.79 Å². The molecule has 0 radical (unpaired) electrons. The van der Waals surface area contributed by atoms with Crippen molar-refractivity contribution in [3.05, 3.63) is 58.4 Å². The minimum absolute atomic E-state index is 0.00954. The Morgan fingerprint density at radius 2 is 2.00 bits per heavy atom. The largest absolute Gasteiger partial charge is 0.339 e. The maximum absolute atomic E-state index is 12.3. The first-order chi connectivity index (χ1) is 11.0. The van der Waals surface area contributed by atoms with Crippen LogP contribution in [0.1, 0.15) is 22.5 Å². The van der Waals surface area contributed by atoms with Crippen molar-refractivity contribution in [2.45, 2.75) is 13.8 Å². The van der Waals surface area contributed by atoms with Crippen molar-refractivity contribution in [3.8, 4) is 12.1 Å². The first kappa shape index (κ1) is 16.1. The molecule has 0 saturated heterocycles. The van der Waals surface area contributed by atoms with Gasteiger partial charge in [-0.1, -0.05) is 12.1 Å². The van der Waals surface area contributed by atoms with Gasteiger partial charge >= 0.3 is 0 Å². The summed E-state index contributed by atoms with van der Waals surface area (Å²) in [5, 5.41) is 21.0. The fourth-order valence-electron chi connectivity index (χ4n) is 2.20. The van der Waals surface area contributed by atoms with Gasteiger partial charge in [-0.15, -0.1) is 0 Å². The smallest absolute Gasteiger partial charge is 0.266 e. The number of nitrogens with zero attached hydrogens (tertiary/aromatic N) is 3. The van der Waals surface area contributed by atoms with Crippen LogP contribution in [0.25, 0.3) is 6.08 Å². The van der Waals surface area contributed by atoms with E-state index >= 15 is 0 Å². The van der Waals surface area contributed by atoms with Crippen LogP contribution >= 0.6 is 0 Å². The number of rotatable bonds is 3. The number of anilines is 1. The van der Waals surface area contributed by atoms with Crippen LogP contribution in [0.5, 0.6) is 0 Å². The van der Waals surface area contributed by atoms with Crippen LogP contribution < -0.4 is 5.32 Å². The molecule has 5 heteroatoms. The Balaban J connectivity index is 2.31. The Bertz CT molecular complexity index is 875. The first-order valence-electron chi connectivity index (χ1n) is 7.02. The lowest BCUT2D eigenvalue weighted by atomic mass is 10.1. The monoisotopic (exact) mass is 304 g/mol. The standard InChI is InChI=1S/C18H16N4O/c1-12-5-4-6-16(7-12)21-18(23)15(10-19)8-14-9-17(11-20)22(3)13(14)2/h4-9H,1-3H3,(H,21,23)/b15-8+. The molecule has 0 bridgehead atoms. The number of carbonyl (C=O) groups excluding carboxylic acids is 1. The molecule has 2 aromatic rings. The quantitative estimate of drug-likeness (QED) is 0.699. The van der Waals surface area contributed by atoms with E-state index in [-0.39, 0.29) is 5.57 Å². The normalized spacial score (nSPS) is 10.7. The van der Waals surface area contributed by atoms with E-state index in [0.29, 0.717) is 16.9 Å². The number of hydrogen-bond donors (Lipinski definition) is 1. The second kappa shape index (κ2) is 6.64. The molecule has 1 aromatic heterocycles. The molecule has 2 rings (SSSR count). The van der Waals surface area contributed by atoms with Gasteiger partial charge in [-0.3, -0.25) is 4.79 Å². The third-order valence-corrected chi connectivity index (χ3v) is 3.63. The van der Waals surface area contributed by atoms with E-state index in [0.717, 1.165) is 11.3 Å².